The summed E-state index contributed by atoms with van der Waals surface area (Å²) < 4.78 is 68.5. The molecule has 0 aliphatic rings. The van der Waals surface area contributed by atoms with Gasteiger partial charge in [0.05, 0.1) is 26.4 Å². The predicted molar refractivity (Wildman–Crippen MR) is 427 cm³/mol. The van der Waals surface area contributed by atoms with E-state index in [2.05, 4.69) is 174 Å². The van der Waals surface area contributed by atoms with E-state index in [1.165, 1.54) is 32.1 Å². The first-order valence-electron chi connectivity index (χ1n) is 40.1. The molecule has 0 bridgehead atoms. The van der Waals surface area contributed by atoms with Gasteiger partial charge in [-0.25, -0.2) is 9.13 Å². The molecule has 0 aromatic heterocycles. The number of ether oxygens (including phenoxy) is 4. The fourth-order valence-corrected chi connectivity index (χ4v) is 11.8. The van der Waals surface area contributed by atoms with Crippen LogP contribution in [-0.2, 0) is 65.4 Å². The number of rotatable bonds is 74. The second-order valence-corrected chi connectivity index (χ2v) is 29.1. The highest BCUT2D eigenvalue weighted by molar-refractivity contribution is 7.47. The zero-order valence-corrected chi connectivity index (χ0v) is 66.7. The molecule has 0 rings (SSSR count). The summed E-state index contributed by atoms with van der Waals surface area (Å²) in [4.78, 5) is 73.0. The van der Waals surface area contributed by atoms with Crippen LogP contribution >= 0.6 is 15.6 Å². The first kappa shape index (κ1) is 98.9. The number of carbonyl (C=O) groups excluding carboxylic acids is 4. The second kappa shape index (κ2) is 76.1. The van der Waals surface area contributed by atoms with Crippen molar-refractivity contribution in [2.75, 3.05) is 39.6 Å². The molecule has 5 unspecified atom stereocenters. The highest BCUT2D eigenvalue weighted by Gasteiger charge is 2.30. The monoisotopic (exact) mass is 1500 g/mol. The Balaban J connectivity index is 5.40. The molecule has 0 aliphatic carbocycles. The molecule has 0 heterocycles. The van der Waals surface area contributed by atoms with Crippen molar-refractivity contribution in [2.24, 2.45) is 0 Å². The summed E-state index contributed by atoms with van der Waals surface area (Å²) in [7, 11) is -9.98. The van der Waals surface area contributed by atoms with Gasteiger partial charge in [0.25, 0.3) is 0 Å². The number of phosphoric acid groups is 2. The van der Waals surface area contributed by atoms with Crippen LogP contribution < -0.4 is 0 Å². The molecule has 0 aromatic rings. The van der Waals surface area contributed by atoms with Gasteiger partial charge in [0.2, 0.25) is 0 Å². The molecule has 0 fully saturated rings. The van der Waals surface area contributed by atoms with Crippen LogP contribution in [0.15, 0.2) is 146 Å². The van der Waals surface area contributed by atoms with E-state index in [4.69, 9.17) is 37.0 Å². The molecule has 594 valence electrons. The van der Waals surface area contributed by atoms with Crippen molar-refractivity contribution in [3.05, 3.63) is 146 Å². The van der Waals surface area contributed by atoms with E-state index in [-0.39, 0.29) is 25.7 Å². The molecule has 0 saturated heterocycles. The quantitative estimate of drug-likeness (QED) is 0.0169. The molecule has 0 aliphatic heterocycles. The summed E-state index contributed by atoms with van der Waals surface area (Å²) in [5.41, 5.74) is 0. The SMILES string of the molecule is CC/C=C\C/C=C\C/C=C\C/C=C\CCCCCCCCC(=O)OCC(COP(=O)(O)OCC(O)COP(=O)(O)OCC(COC(=O)CCCC/C=C\C/C=C\C/C=C\C/C=C\CC)OC(=O)CCCCCCC/C=C\CCCC)OC(=O)CCCCCCCC/C=C\C/C=C\C/C=C\CCCCC. The van der Waals surface area contributed by atoms with Crippen LogP contribution in [0.2, 0.25) is 0 Å². The zero-order valence-electron chi connectivity index (χ0n) is 64.9. The van der Waals surface area contributed by atoms with Gasteiger partial charge in [-0.05, 0) is 161 Å². The minimum absolute atomic E-state index is 0.0715. The van der Waals surface area contributed by atoms with Crippen LogP contribution in [0.4, 0.5) is 0 Å². The molecule has 3 N–H and O–H groups in total. The van der Waals surface area contributed by atoms with Crippen LogP contribution in [0.3, 0.4) is 0 Å². The smallest absolute Gasteiger partial charge is 0.462 e. The number of aliphatic hydroxyl groups excluding tert-OH is 1. The van der Waals surface area contributed by atoms with Crippen LogP contribution in [0.1, 0.15) is 310 Å². The summed E-state index contributed by atoms with van der Waals surface area (Å²) in [5, 5.41) is 10.6. The maximum Gasteiger partial charge on any atom is 0.472 e. The minimum atomic E-state index is -4.99. The van der Waals surface area contributed by atoms with Gasteiger partial charge in [-0.15, -0.1) is 0 Å². The largest absolute Gasteiger partial charge is 0.472 e. The fraction of sp³-hybridized carbons (Fsp3) is 0.671. The van der Waals surface area contributed by atoms with Gasteiger partial charge in [0, 0.05) is 25.7 Å². The maximum absolute atomic E-state index is 13.1. The summed E-state index contributed by atoms with van der Waals surface area (Å²) >= 11 is 0. The molecule has 0 spiro atoms. The van der Waals surface area contributed by atoms with Crippen molar-refractivity contribution in [1.29, 1.82) is 0 Å². The Labute approximate surface area is 630 Å². The van der Waals surface area contributed by atoms with Crippen LogP contribution in [0.25, 0.3) is 0 Å². The number of hydrogen-bond acceptors (Lipinski definition) is 15. The van der Waals surface area contributed by atoms with Crippen molar-refractivity contribution in [1.82, 2.24) is 0 Å². The van der Waals surface area contributed by atoms with Crippen LogP contribution in [-0.4, -0.2) is 96.7 Å². The van der Waals surface area contributed by atoms with Crippen LogP contribution in [0, 0.1) is 0 Å². The lowest BCUT2D eigenvalue weighted by atomic mass is 10.1. The van der Waals surface area contributed by atoms with Gasteiger partial charge in [-0.3, -0.25) is 37.3 Å². The average Bonchev–Trinajstić information content (AvgIpc) is 0.928. The third-order valence-electron chi connectivity index (χ3n) is 16.3. The number of esters is 4. The van der Waals surface area contributed by atoms with Crippen LogP contribution in [0.5, 0.6) is 0 Å². The molecule has 5 atom stereocenters. The molecular formula is C85H142O17P2. The van der Waals surface area contributed by atoms with E-state index in [0.29, 0.717) is 25.7 Å². The minimum Gasteiger partial charge on any atom is -0.462 e. The summed E-state index contributed by atoms with van der Waals surface area (Å²) in [6, 6.07) is 0. The Morgan fingerprint density at radius 2 is 0.510 bits per heavy atom. The van der Waals surface area contributed by atoms with Crippen molar-refractivity contribution in [3.8, 4) is 0 Å². The lowest BCUT2D eigenvalue weighted by Crippen LogP contribution is -2.30. The Kier molecular flexibility index (Phi) is 72.4. The molecule has 104 heavy (non-hydrogen) atoms. The van der Waals surface area contributed by atoms with Crippen molar-refractivity contribution >= 4 is 39.5 Å². The number of unbranched alkanes of at least 4 members (excludes halogenated alkanes) is 24. The van der Waals surface area contributed by atoms with Crippen molar-refractivity contribution in [2.45, 2.75) is 329 Å². The van der Waals surface area contributed by atoms with Gasteiger partial charge < -0.3 is 33.8 Å². The maximum atomic E-state index is 13.1. The lowest BCUT2D eigenvalue weighted by molar-refractivity contribution is -0.161. The molecule has 19 heteroatoms. The van der Waals surface area contributed by atoms with Gasteiger partial charge in [0.15, 0.2) is 12.2 Å². The molecular weight excluding hydrogens is 1350 g/mol. The van der Waals surface area contributed by atoms with Gasteiger partial charge in [0.1, 0.15) is 19.3 Å². The lowest BCUT2D eigenvalue weighted by Gasteiger charge is -2.21. The number of aliphatic hydroxyl groups is 1. The summed E-state index contributed by atoms with van der Waals surface area (Å²) in [5.74, 6) is -2.26. The molecule has 0 aromatic carbocycles. The van der Waals surface area contributed by atoms with Gasteiger partial charge >= 0.3 is 39.5 Å². The predicted octanol–water partition coefficient (Wildman–Crippen LogP) is 23.4. The third-order valence-corrected chi connectivity index (χ3v) is 18.2. The van der Waals surface area contributed by atoms with Crippen molar-refractivity contribution < 1.29 is 80.2 Å². The highest BCUT2D eigenvalue weighted by Crippen LogP contribution is 2.45. The number of hydrogen-bond donors (Lipinski definition) is 3. The molecule has 17 nitrogen and oxygen atoms in total. The van der Waals surface area contributed by atoms with E-state index in [0.717, 1.165) is 199 Å². The van der Waals surface area contributed by atoms with E-state index in [9.17, 15) is 43.2 Å². The topological polar surface area (TPSA) is 237 Å². The average molecular weight is 1500 g/mol. The molecule has 0 amide bonds. The van der Waals surface area contributed by atoms with E-state index in [1.807, 2.05) is 0 Å². The first-order chi connectivity index (χ1) is 50.7. The van der Waals surface area contributed by atoms with Crippen molar-refractivity contribution in [3.63, 3.8) is 0 Å². The normalized spacial score (nSPS) is 14.6. The second-order valence-electron chi connectivity index (χ2n) is 26.2. The third kappa shape index (κ3) is 75.2. The number of carbonyl (C=O) groups is 4. The Hall–Kier alpha value is -5.06. The number of phosphoric ester groups is 2. The van der Waals surface area contributed by atoms with E-state index >= 15 is 0 Å². The first-order valence-corrected chi connectivity index (χ1v) is 43.1. The fourth-order valence-electron chi connectivity index (χ4n) is 10.2. The number of allylic oxidation sites excluding steroid dienone is 24. The van der Waals surface area contributed by atoms with E-state index in [1.54, 1.807) is 0 Å². The summed E-state index contributed by atoms with van der Waals surface area (Å²) in [6.07, 6.45) is 86.9. The van der Waals surface area contributed by atoms with E-state index < -0.39 is 97.5 Å². The van der Waals surface area contributed by atoms with Gasteiger partial charge in [-0.2, -0.15) is 0 Å². The van der Waals surface area contributed by atoms with Gasteiger partial charge in [-0.1, -0.05) is 270 Å². The highest BCUT2D eigenvalue weighted by atomic mass is 31.2. The zero-order chi connectivity index (χ0) is 76.0. The summed E-state index contributed by atoms with van der Waals surface area (Å²) in [6.45, 7) is 4.49. The Morgan fingerprint density at radius 3 is 0.827 bits per heavy atom. The molecule has 0 saturated carbocycles. The standard InChI is InChI=1S/C85H142O17P2/c1-5-9-13-17-21-25-29-32-35-37-39-41-44-47-51-54-58-62-66-70-83(88)96-76-81(102-85(90)72-68-64-60-56-52-48-45-42-40-38-36-33-30-26-22-18-14-10-6-2)78-100-104(93,94)98-74-79(86)73-97-103(91,92)99-77-80(101-84(89)71-67-63-59-55-49-28-24-20-16-12-8-4)75-95-82(87)69-65-61-57-53-50-46-43-34-31-27-23-19-15-11-7-3/h9,11,13,15,20-27,32-36,39-43,50,53,79-81,86H,5-8,10,12,14,16-19,28-31,37-38,44-49,51-52,54-78H2,1-4H3,(H,91,92)(H,93,94)/b13-9-,15-11-,24-20-,25-21-,26-22-,27-23-,35-32-,36-33-,41-39-,42-40-,43-34-,53-50-. The Bertz CT molecular complexity index is 2540. The molecule has 0 radical (unpaired) electrons. The Morgan fingerprint density at radius 1 is 0.279 bits per heavy atom.